The average molecular weight is 546 g/mol. The first-order valence-electron chi connectivity index (χ1n) is 13.0. The Bertz CT molecular complexity index is 1720. The fraction of sp³-hybridized carbons (Fsp3) is 0.310. The third-order valence-corrected chi connectivity index (χ3v) is 7.11. The van der Waals surface area contributed by atoms with Crippen LogP contribution in [-0.4, -0.2) is 47.6 Å². The van der Waals surface area contributed by atoms with E-state index in [1.165, 1.54) is 0 Å². The maximum Gasteiger partial charge on any atom is 0.387 e. The summed E-state index contributed by atoms with van der Waals surface area (Å²) in [5.74, 6) is 1.33. The second-order valence-corrected chi connectivity index (χ2v) is 10.6. The summed E-state index contributed by atoms with van der Waals surface area (Å²) in [7, 11) is 1.84. The van der Waals surface area contributed by atoms with Crippen LogP contribution in [0.2, 0.25) is 0 Å². The molecule has 0 saturated carbocycles. The smallest absolute Gasteiger partial charge is 0.387 e. The maximum atomic E-state index is 13.6. The number of anilines is 1. The van der Waals surface area contributed by atoms with E-state index in [2.05, 4.69) is 25.0 Å². The topological polar surface area (TPSA) is 103 Å². The fourth-order valence-electron chi connectivity index (χ4n) is 5.23. The molecular formula is C29H29F2N7O2. The number of ether oxygens (including phenoxy) is 1. The Hall–Kier alpha value is -4.38. The minimum absolute atomic E-state index is 0.159. The van der Waals surface area contributed by atoms with Crippen molar-refractivity contribution in [1.82, 2.24) is 29.3 Å². The average Bonchev–Trinajstić information content (AvgIpc) is 3.47. The van der Waals surface area contributed by atoms with Gasteiger partial charge in [-0.25, -0.2) is 15.0 Å². The first-order valence-corrected chi connectivity index (χ1v) is 13.0. The van der Waals surface area contributed by atoms with Crippen LogP contribution in [0.3, 0.4) is 0 Å². The van der Waals surface area contributed by atoms with E-state index in [1.807, 2.05) is 37.5 Å². The van der Waals surface area contributed by atoms with Crippen molar-refractivity contribution in [2.24, 2.45) is 7.05 Å². The van der Waals surface area contributed by atoms with Gasteiger partial charge in [-0.2, -0.15) is 13.9 Å². The SMILES string of the molecule is Cc1cc(-c2cnn(C)c2)c2c(c1OC(F)F)Cn1c(nc3ccc(-c4cnc(C(C)(C)O)nc4)cc31)CCN2. The first kappa shape index (κ1) is 25.9. The second-order valence-electron chi connectivity index (χ2n) is 10.6. The lowest BCUT2D eigenvalue weighted by molar-refractivity contribution is -0.0508. The van der Waals surface area contributed by atoms with E-state index in [4.69, 9.17) is 9.72 Å². The van der Waals surface area contributed by atoms with Crippen molar-refractivity contribution in [3.05, 3.63) is 71.8 Å². The van der Waals surface area contributed by atoms with Gasteiger partial charge in [0.05, 0.1) is 29.5 Å². The van der Waals surface area contributed by atoms with Crippen molar-refractivity contribution >= 4 is 16.7 Å². The quantitative estimate of drug-likeness (QED) is 0.319. The number of benzene rings is 2. The van der Waals surface area contributed by atoms with E-state index >= 15 is 0 Å². The maximum absolute atomic E-state index is 13.6. The molecule has 0 unspecified atom stereocenters. The van der Waals surface area contributed by atoms with Gasteiger partial charge >= 0.3 is 6.61 Å². The molecule has 206 valence electrons. The number of fused-ring (bicyclic) bond motifs is 4. The summed E-state index contributed by atoms with van der Waals surface area (Å²) in [6.45, 7) is 2.92. The number of aliphatic hydroxyl groups is 1. The van der Waals surface area contributed by atoms with Gasteiger partial charge in [-0.05, 0) is 50.1 Å². The van der Waals surface area contributed by atoms with Gasteiger partial charge in [0, 0.05) is 60.9 Å². The second kappa shape index (κ2) is 9.67. The minimum atomic E-state index is -2.96. The fourth-order valence-corrected chi connectivity index (χ4v) is 5.23. The molecule has 40 heavy (non-hydrogen) atoms. The van der Waals surface area contributed by atoms with Crippen LogP contribution in [-0.2, 0) is 25.6 Å². The number of nitrogens with zero attached hydrogens (tertiary/aromatic N) is 6. The highest BCUT2D eigenvalue weighted by Gasteiger charge is 2.26. The molecule has 9 nitrogen and oxygen atoms in total. The molecule has 5 aromatic rings. The molecule has 0 bridgehead atoms. The van der Waals surface area contributed by atoms with Crippen molar-refractivity contribution in [3.8, 4) is 28.0 Å². The van der Waals surface area contributed by atoms with E-state index in [1.54, 1.807) is 44.0 Å². The number of aromatic nitrogens is 6. The molecule has 3 aromatic heterocycles. The molecule has 1 aliphatic heterocycles. The highest BCUT2D eigenvalue weighted by molar-refractivity contribution is 5.85. The highest BCUT2D eigenvalue weighted by atomic mass is 19.3. The summed E-state index contributed by atoms with van der Waals surface area (Å²) < 4.78 is 36.1. The number of hydrogen-bond acceptors (Lipinski definition) is 7. The summed E-state index contributed by atoms with van der Waals surface area (Å²) >= 11 is 0. The van der Waals surface area contributed by atoms with Crippen molar-refractivity contribution in [1.29, 1.82) is 0 Å². The van der Waals surface area contributed by atoms with Crippen LogP contribution in [0.25, 0.3) is 33.3 Å². The summed E-state index contributed by atoms with van der Waals surface area (Å²) in [6, 6.07) is 7.77. The summed E-state index contributed by atoms with van der Waals surface area (Å²) in [5.41, 5.74) is 5.91. The van der Waals surface area contributed by atoms with Crippen LogP contribution < -0.4 is 10.1 Å². The molecule has 2 aromatic carbocycles. The van der Waals surface area contributed by atoms with Gasteiger partial charge in [0.2, 0.25) is 0 Å². The molecular weight excluding hydrogens is 516 g/mol. The van der Waals surface area contributed by atoms with Gasteiger partial charge in [0.1, 0.15) is 17.2 Å². The molecule has 0 atom stereocenters. The Morgan fingerprint density at radius 3 is 2.52 bits per heavy atom. The number of aryl methyl sites for hydroxylation is 2. The van der Waals surface area contributed by atoms with E-state index < -0.39 is 12.2 Å². The van der Waals surface area contributed by atoms with Crippen LogP contribution in [0.4, 0.5) is 14.5 Å². The molecule has 0 aliphatic carbocycles. The number of imidazole rings is 1. The summed E-state index contributed by atoms with van der Waals surface area (Å²) in [4.78, 5) is 13.5. The van der Waals surface area contributed by atoms with E-state index in [9.17, 15) is 13.9 Å². The standard InChI is InChI=1S/C29H29F2N7O2/c1-16-9-20(19-13-35-37(4)14-19)25-21(26(16)40-28(30)31)15-38-23-10-17(5-6-22(23)36-24(38)7-8-32-25)18-11-33-27(34-12-18)29(2,3)39/h5-6,9-14,28,32,39H,7-8,15H2,1-4H3. The zero-order valence-corrected chi connectivity index (χ0v) is 22.6. The molecule has 0 fully saturated rings. The largest absolute Gasteiger partial charge is 0.434 e. The Morgan fingerprint density at radius 2 is 1.85 bits per heavy atom. The normalized spacial score (nSPS) is 13.5. The van der Waals surface area contributed by atoms with Gasteiger partial charge < -0.3 is 19.7 Å². The van der Waals surface area contributed by atoms with E-state index in [-0.39, 0.29) is 12.3 Å². The van der Waals surface area contributed by atoms with Crippen molar-refractivity contribution in [3.63, 3.8) is 0 Å². The van der Waals surface area contributed by atoms with Crippen LogP contribution in [0.15, 0.2) is 49.1 Å². The predicted molar refractivity (Wildman–Crippen MR) is 147 cm³/mol. The Kier molecular flexibility index (Phi) is 6.25. The van der Waals surface area contributed by atoms with E-state index in [0.29, 0.717) is 29.9 Å². The minimum Gasteiger partial charge on any atom is -0.434 e. The van der Waals surface area contributed by atoms with E-state index in [0.717, 1.165) is 44.8 Å². The van der Waals surface area contributed by atoms with Gasteiger partial charge in [0.15, 0.2) is 5.82 Å². The molecule has 2 N–H and O–H groups in total. The third-order valence-electron chi connectivity index (χ3n) is 7.11. The Labute approximate surface area is 229 Å². The molecule has 11 heteroatoms. The molecule has 6 rings (SSSR count). The van der Waals surface area contributed by atoms with Gasteiger partial charge in [-0.3, -0.25) is 4.68 Å². The zero-order valence-electron chi connectivity index (χ0n) is 22.6. The lowest BCUT2D eigenvalue weighted by atomic mass is 9.96. The van der Waals surface area contributed by atoms with Gasteiger partial charge in [-0.1, -0.05) is 6.07 Å². The number of nitrogens with one attached hydrogen (secondary N) is 1. The van der Waals surface area contributed by atoms with Crippen LogP contribution in [0, 0.1) is 6.92 Å². The molecule has 4 heterocycles. The monoisotopic (exact) mass is 545 g/mol. The van der Waals surface area contributed by atoms with Crippen molar-refractivity contribution in [2.75, 3.05) is 11.9 Å². The first-order chi connectivity index (χ1) is 19.1. The lowest BCUT2D eigenvalue weighted by Gasteiger charge is -2.25. The Balaban J connectivity index is 1.50. The van der Waals surface area contributed by atoms with Crippen molar-refractivity contribution in [2.45, 2.75) is 45.9 Å². The lowest BCUT2D eigenvalue weighted by Crippen LogP contribution is -2.19. The zero-order chi connectivity index (χ0) is 28.2. The molecule has 0 saturated heterocycles. The van der Waals surface area contributed by atoms with Gasteiger partial charge in [0.25, 0.3) is 0 Å². The summed E-state index contributed by atoms with van der Waals surface area (Å²) in [5, 5.41) is 18.0. The van der Waals surface area contributed by atoms with Crippen LogP contribution in [0.1, 0.15) is 36.6 Å². The molecule has 1 aliphatic rings. The highest BCUT2D eigenvalue weighted by Crippen LogP contribution is 2.42. The molecule has 0 radical (unpaired) electrons. The molecule has 0 amide bonds. The predicted octanol–water partition coefficient (Wildman–Crippen LogP) is 5.05. The Morgan fingerprint density at radius 1 is 1.07 bits per heavy atom. The number of rotatable bonds is 5. The third kappa shape index (κ3) is 4.66. The number of hydrogen-bond donors (Lipinski definition) is 2. The van der Waals surface area contributed by atoms with Crippen molar-refractivity contribution < 1.29 is 18.6 Å². The number of alkyl halides is 2. The summed E-state index contributed by atoms with van der Waals surface area (Å²) in [6.07, 6.45) is 7.67. The van der Waals surface area contributed by atoms with Crippen LogP contribution >= 0.6 is 0 Å². The van der Waals surface area contributed by atoms with Crippen LogP contribution in [0.5, 0.6) is 5.75 Å². The van der Waals surface area contributed by atoms with Gasteiger partial charge in [-0.15, -0.1) is 0 Å². The number of halogens is 2. The molecule has 0 spiro atoms.